The number of amides is 1. The molecule has 1 N–H and O–H groups in total. The normalized spacial score (nSPS) is 22.7. The van der Waals surface area contributed by atoms with E-state index in [1.54, 1.807) is 0 Å². The quantitative estimate of drug-likeness (QED) is 0.829. The molecule has 1 saturated carbocycles. The van der Waals surface area contributed by atoms with Crippen molar-refractivity contribution < 1.29 is 9.53 Å². The van der Waals surface area contributed by atoms with Crippen molar-refractivity contribution in [3.63, 3.8) is 0 Å². The third-order valence-corrected chi connectivity index (χ3v) is 3.84. The predicted octanol–water partition coefficient (Wildman–Crippen LogP) is 4.29. The molecule has 1 aromatic heterocycles. The highest BCUT2D eigenvalue weighted by Crippen LogP contribution is 2.33. The zero-order chi connectivity index (χ0) is 15.5. The summed E-state index contributed by atoms with van der Waals surface area (Å²) in [6.07, 6.45) is 5.63. The Bertz CT molecular complexity index is 482. The molecular formula is C16H23ClN2O2. The average Bonchev–Trinajstić information content (AvgIpc) is 2.37. The number of carbonyl (C=O) groups excluding carboxylic acids is 1. The lowest BCUT2D eigenvalue weighted by Gasteiger charge is -2.30. The molecule has 0 bridgehead atoms. The molecule has 1 aliphatic rings. The van der Waals surface area contributed by atoms with Gasteiger partial charge in [-0.1, -0.05) is 24.1 Å². The van der Waals surface area contributed by atoms with E-state index in [2.05, 4.69) is 10.3 Å². The van der Waals surface area contributed by atoms with Crippen LogP contribution in [0.3, 0.4) is 0 Å². The molecule has 21 heavy (non-hydrogen) atoms. The van der Waals surface area contributed by atoms with E-state index >= 15 is 0 Å². The Morgan fingerprint density at radius 3 is 2.76 bits per heavy atom. The van der Waals surface area contributed by atoms with Crippen molar-refractivity contribution >= 4 is 17.7 Å². The SMILES string of the molecule is CC(C)(C)OC(=O)NC1CCCC(c2ccc(Cl)nc2)C1. The highest BCUT2D eigenvalue weighted by Gasteiger charge is 2.26. The van der Waals surface area contributed by atoms with Gasteiger partial charge in [-0.3, -0.25) is 0 Å². The molecule has 0 aromatic carbocycles. The number of nitrogens with one attached hydrogen (secondary N) is 1. The van der Waals surface area contributed by atoms with Gasteiger partial charge in [0.15, 0.2) is 0 Å². The van der Waals surface area contributed by atoms with Crippen LogP contribution in [0, 0.1) is 0 Å². The molecule has 4 nitrogen and oxygen atoms in total. The summed E-state index contributed by atoms with van der Waals surface area (Å²) in [5, 5.41) is 3.49. The minimum absolute atomic E-state index is 0.161. The number of hydrogen-bond donors (Lipinski definition) is 1. The Morgan fingerprint density at radius 1 is 1.38 bits per heavy atom. The largest absolute Gasteiger partial charge is 0.444 e. The van der Waals surface area contributed by atoms with Crippen molar-refractivity contribution in [1.29, 1.82) is 0 Å². The molecular weight excluding hydrogens is 288 g/mol. The first kappa shape index (κ1) is 16.1. The smallest absolute Gasteiger partial charge is 0.407 e. The Kier molecular flexibility index (Phi) is 5.09. The molecule has 1 amide bonds. The van der Waals surface area contributed by atoms with Crippen LogP contribution in [0.1, 0.15) is 57.9 Å². The second kappa shape index (κ2) is 6.65. The van der Waals surface area contributed by atoms with Crippen LogP contribution in [0.15, 0.2) is 18.3 Å². The van der Waals surface area contributed by atoms with Gasteiger partial charge in [0.05, 0.1) is 0 Å². The lowest BCUT2D eigenvalue weighted by molar-refractivity contribution is 0.0490. The number of ether oxygens (including phenoxy) is 1. The second-order valence-corrected chi connectivity index (χ2v) is 7.01. The number of halogens is 1. The van der Waals surface area contributed by atoms with E-state index < -0.39 is 5.60 Å². The molecule has 0 aliphatic heterocycles. The number of nitrogens with zero attached hydrogens (tertiary/aromatic N) is 1. The van der Waals surface area contributed by atoms with Crippen LogP contribution < -0.4 is 5.32 Å². The molecule has 2 rings (SSSR count). The number of hydrogen-bond acceptors (Lipinski definition) is 3. The number of pyridine rings is 1. The lowest BCUT2D eigenvalue weighted by atomic mass is 9.82. The molecule has 1 aromatic rings. The monoisotopic (exact) mass is 310 g/mol. The van der Waals surface area contributed by atoms with E-state index in [1.165, 1.54) is 5.56 Å². The van der Waals surface area contributed by atoms with Crippen LogP contribution in [0.5, 0.6) is 0 Å². The zero-order valence-corrected chi connectivity index (χ0v) is 13.6. The summed E-state index contributed by atoms with van der Waals surface area (Å²) < 4.78 is 5.32. The van der Waals surface area contributed by atoms with Crippen molar-refractivity contribution in [2.45, 2.75) is 64.0 Å². The maximum Gasteiger partial charge on any atom is 0.407 e. The third kappa shape index (κ3) is 5.20. The first-order valence-corrected chi connectivity index (χ1v) is 7.82. The van der Waals surface area contributed by atoms with Crippen LogP contribution in [-0.4, -0.2) is 22.7 Å². The highest BCUT2D eigenvalue weighted by atomic mass is 35.5. The van der Waals surface area contributed by atoms with Crippen LogP contribution in [0.25, 0.3) is 0 Å². The number of rotatable bonds is 2. The molecule has 0 saturated heterocycles. The van der Waals surface area contributed by atoms with Gasteiger partial charge >= 0.3 is 6.09 Å². The van der Waals surface area contributed by atoms with Crippen LogP contribution in [0.4, 0.5) is 4.79 Å². The average molecular weight is 311 g/mol. The summed E-state index contributed by atoms with van der Waals surface area (Å²) in [5.41, 5.74) is 0.730. The van der Waals surface area contributed by atoms with Crippen LogP contribution >= 0.6 is 11.6 Å². The fraction of sp³-hybridized carbons (Fsp3) is 0.625. The summed E-state index contributed by atoms with van der Waals surface area (Å²) in [6.45, 7) is 5.61. The Balaban J connectivity index is 1.91. The van der Waals surface area contributed by atoms with Crippen molar-refractivity contribution in [1.82, 2.24) is 10.3 Å². The van der Waals surface area contributed by atoms with Gasteiger partial charge in [-0.2, -0.15) is 0 Å². The van der Waals surface area contributed by atoms with E-state index in [-0.39, 0.29) is 12.1 Å². The van der Waals surface area contributed by atoms with Gasteiger partial charge in [-0.05, 0) is 57.6 Å². The second-order valence-electron chi connectivity index (χ2n) is 6.62. The lowest BCUT2D eigenvalue weighted by Crippen LogP contribution is -2.41. The zero-order valence-electron chi connectivity index (χ0n) is 12.9. The molecule has 1 fully saturated rings. The van der Waals surface area contributed by atoms with Crippen molar-refractivity contribution in [3.8, 4) is 0 Å². The van der Waals surface area contributed by atoms with Gasteiger partial charge in [0.1, 0.15) is 10.8 Å². The first-order valence-electron chi connectivity index (χ1n) is 7.44. The van der Waals surface area contributed by atoms with Gasteiger partial charge in [0.25, 0.3) is 0 Å². The predicted molar refractivity (Wildman–Crippen MR) is 83.6 cm³/mol. The van der Waals surface area contributed by atoms with Gasteiger partial charge in [-0.25, -0.2) is 9.78 Å². The molecule has 5 heteroatoms. The van der Waals surface area contributed by atoms with Crippen LogP contribution in [0.2, 0.25) is 5.15 Å². The topological polar surface area (TPSA) is 51.2 Å². The Labute approximate surface area is 131 Å². The molecule has 2 atom stereocenters. The molecule has 0 radical (unpaired) electrons. The van der Waals surface area contributed by atoms with E-state index in [1.807, 2.05) is 39.1 Å². The van der Waals surface area contributed by atoms with Gasteiger partial charge < -0.3 is 10.1 Å². The minimum atomic E-state index is -0.460. The maximum atomic E-state index is 11.9. The first-order chi connectivity index (χ1) is 9.83. The minimum Gasteiger partial charge on any atom is -0.444 e. The van der Waals surface area contributed by atoms with Gasteiger partial charge in [0.2, 0.25) is 0 Å². The van der Waals surface area contributed by atoms with E-state index in [9.17, 15) is 4.79 Å². The van der Waals surface area contributed by atoms with Crippen molar-refractivity contribution in [2.75, 3.05) is 0 Å². The maximum absolute atomic E-state index is 11.9. The van der Waals surface area contributed by atoms with Crippen LogP contribution in [-0.2, 0) is 4.74 Å². The van der Waals surface area contributed by atoms with E-state index in [4.69, 9.17) is 16.3 Å². The summed E-state index contributed by atoms with van der Waals surface area (Å²) in [5.74, 6) is 0.420. The molecule has 1 heterocycles. The fourth-order valence-electron chi connectivity index (χ4n) is 2.73. The summed E-state index contributed by atoms with van der Waals surface area (Å²) in [4.78, 5) is 16.0. The number of aromatic nitrogens is 1. The Morgan fingerprint density at radius 2 is 2.14 bits per heavy atom. The van der Waals surface area contributed by atoms with Gasteiger partial charge in [-0.15, -0.1) is 0 Å². The molecule has 2 unspecified atom stereocenters. The molecule has 1 aliphatic carbocycles. The third-order valence-electron chi connectivity index (χ3n) is 3.62. The van der Waals surface area contributed by atoms with Crippen molar-refractivity contribution in [2.24, 2.45) is 0 Å². The summed E-state index contributed by atoms with van der Waals surface area (Å²) in [7, 11) is 0. The highest BCUT2D eigenvalue weighted by molar-refractivity contribution is 6.29. The van der Waals surface area contributed by atoms with Gasteiger partial charge in [0, 0.05) is 12.2 Å². The standard InChI is InChI=1S/C16H23ClN2O2/c1-16(2,3)21-15(20)19-13-6-4-5-11(9-13)12-7-8-14(17)18-10-12/h7-8,10-11,13H,4-6,9H2,1-3H3,(H,19,20). The van der Waals surface area contributed by atoms with E-state index in [0.29, 0.717) is 11.1 Å². The fourth-order valence-corrected chi connectivity index (χ4v) is 2.84. The molecule has 0 spiro atoms. The number of alkyl carbamates (subject to hydrolysis) is 1. The Hall–Kier alpha value is -1.29. The molecule has 116 valence electrons. The number of carbonyl (C=O) groups is 1. The summed E-state index contributed by atoms with van der Waals surface area (Å²) in [6, 6.07) is 4.01. The van der Waals surface area contributed by atoms with Crippen molar-refractivity contribution in [3.05, 3.63) is 29.0 Å². The summed E-state index contributed by atoms with van der Waals surface area (Å²) >= 11 is 5.82. The van der Waals surface area contributed by atoms with E-state index in [0.717, 1.165) is 25.7 Å².